The summed E-state index contributed by atoms with van der Waals surface area (Å²) in [5.41, 5.74) is 15.6. The number of H-pyrrole nitrogens is 1. The molecule has 1 aliphatic heterocycles. The Balaban J connectivity index is 1.46. The first-order chi connectivity index (χ1) is 32.2. The van der Waals surface area contributed by atoms with Crippen LogP contribution in [0.1, 0.15) is 61.2 Å². The number of aromatic amines is 1. The molecule has 0 saturated carbocycles. The van der Waals surface area contributed by atoms with Gasteiger partial charge in [-0.05, 0) is 35.7 Å². The molecule has 0 spiro atoms. The number of carbonyl (C=O) groups excluding carboxylic acids is 3. The van der Waals surface area contributed by atoms with Crippen LogP contribution in [-0.2, 0) is 55.4 Å². The highest BCUT2D eigenvalue weighted by Gasteiger charge is 2.43. The maximum atomic E-state index is 12.7. The Kier molecular flexibility index (Phi) is 24.1. The van der Waals surface area contributed by atoms with Crippen molar-refractivity contribution >= 4 is 41.2 Å². The molecule has 0 aliphatic carbocycles. The lowest BCUT2D eigenvalue weighted by Crippen LogP contribution is -2.34. The summed E-state index contributed by atoms with van der Waals surface area (Å²) in [6.07, 6.45) is -1.08. The number of benzene rings is 1. The minimum Gasteiger partial charge on any atom is -0.491 e. The molecule has 1 aromatic carbocycles. The van der Waals surface area contributed by atoms with Crippen molar-refractivity contribution in [3.8, 4) is 17.6 Å². The van der Waals surface area contributed by atoms with Crippen LogP contribution in [0.4, 0.5) is 0 Å². The summed E-state index contributed by atoms with van der Waals surface area (Å²) in [5, 5.41) is 14.6. The molecule has 374 valence electrons. The van der Waals surface area contributed by atoms with Gasteiger partial charge in [-0.15, -0.1) is 0 Å². The van der Waals surface area contributed by atoms with Gasteiger partial charge in [-0.25, -0.2) is 18.5 Å². The summed E-state index contributed by atoms with van der Waals surface area (Å²) < 4.78 is 75.1. The quantitative estimate of drug-likeness (QED) is 0.0137. The Morgan fingerprint density at radius 3 is 2.50 bits per heavy atom. The molecule has 31 nitrogen and oxygen atoms in total. The van der Waals surface area contributed by atoms with E-state index in [1.807, 2.05) is 11.9 Å². The number of carbonyl (C=O) groups is 3. The Morgan fingerprint density at radius 1 is 1.01 bits per heavy atom. The van der Waals surface area contributed by atoms with Gasteiger partial charge in [-0.3, -0.25) is 33.3 Å². The fourth-order valence-electron chi connectivity index (χ4n) is 5.52. The predicted octanol–water partition coefficient (Wildman–Crippen LogP) is 1.46. The summed E-state index contributed by atoms with van der Waals surface area (Å²) in [7, 11) is -17.1. The van der Waals surface area contributed by atoms with Gasteiger partial charge >= 0.3 is 29.2 Å². The third-order valence-corrected chi connectivity index (χ3v) is 12.3. The van der Waals surface area contributed by atoms with E-state index in [2.05, 4.69) is 61.0 Å². The maximum absolute atomic E-state index is 12.7. The van der Waals surface area contributed by atoms with E-state index in [4.69, 9.17) is 44.5 Å². The first kappa shape index (κ1) is 56.9. The van der Waals surface area contributed by atoms with Crippen LogP contribution in [0.2, 0.25) is 0 Å². The largest absolute Gasteiger partial charge is 0.491 e. The van der Waals surface area contributed by atoms with Crippen LogP contribution in [0.5, 0.6) is 5.75 Å². The molecule has 3 amide bonds. The summed E-state index contributed by atoms with van der Waals surface area (Å²) in [5.74, 6) is 4.18. The molecule has 1 saturated heterocycles. The SMILES string of the molecule is CCCCCC(=O)NCCNC(=O)c1cccc(OCC(N=[N+]=[N-])OCCOCC(=O)NCC#Cc2cn(C3CC(OCN=[N+]=[N-])C(COP(=O)(O)OP(=O)(O)OP(=O)(O)O)O3)c(=O)[nH]c2=O)c1. The number of aromatic nitrogens is 2. The van der Waals surface area contributed by atoms with E-state index in [1.54, 1.807) is 18.2 Å². The van der Waals surface area contributed by atoms with Crippen molar-refractivity contribution in [3.05, 3.63) is 83.3 Å². The number of hydrogen-bond acceptors (Lipinski definition) is 18. The molecule has 34 heteroatoms. The van der Waals surface area contributed by atoms with E-state index >= 15 is 0 Å². The van der Waals surface area contributed by atoms with Gasteiger partial charge in [-0.2, -0.15) is 8.62 Å². The highest BCUT2D eigenvalue weighted by atomic mass is 31.3. The lowest BCUT2D eigenvalue weighted by atomic mass is 10.2. The van der Waals surface area contributed by atoms with E-state index in [9.17, 15) is 47.5 Å². The van der Waals surface area contributed by atoms with Gasteiger partial charge < -0.3 is 59.2 Å². The number of amides is 3. The topological polar surface area (TPSA) is 446 Å². The Morgan fingerprint density at radius 2 is 1.78 bits per heavy atom. The lowest BCUT2D eigenvalue weighted by Gasteiger charge is -2.20. The van der Waals surface area contributed by atoms with Crippen LogP contribution in [0.15, 0.2) is 50.3 Å². The van der Waals surface area contributed by atoms with Gasteiger partial charge in [0.25, 0.3) is 11.5 Å². The normalized spacial score (nSPS) is 17.7. The average molecular weight is 1020 g/mol. The molecule has 1 aromatic heterocycles. The zero-order valence-electron chi connectivity index (χ0n) is 35.9. The van der Waals surface area contributed by atoms with Crippen molar-refractivity contribution in [3.63, 3.8) is 0 Å². The highest BCUT2D eigenvalue weighted by Crippen LogP contribution is 2.66. The highest BCUT2D eigenvalue weighted by molar-refractivity contribution is 7.66. The average Bonchev–Trinajstić information content (AvgIpc) is 3.66. The smallest absolute Gasteiger partial charge is 0.490 e. The van der Waals surface area contributed by atoms with Gasteiger partial charge in [0.1, 0.15) is 43.6 Å². The lowest BCUT2D eigenvalue weighted by molar-refractivity contribution is -0.126. The minimum absolute atomic E-state index is 0.0821. The second-order valence-corrected chi connectivity index (χ2v) is 18.0. The number of unbranched alkanes of at least 4 members (excludes halogenated alkanes) is 2. The van der Waals surface area contributed by atoms with E-state index in [-0.39, 0.29) is 68.7 Å². The summed E-state index contributed by atoms with van der Waals surface area (Å²) in [6.45, 7) is -0.299. The maximum Gasteiger partial charge on any atom is 0.490 e. The second kappa shape index (κ2) is 28.8. The van der Waals surface area contributed by atoms with Crippen LogP contribution in [0, 0.1) is 11.8 Å². The molecule has 1 fully saturated rings. The Bertz CT molecular complexity index is 2470. The van der Waals surface area contributed by atoms with Crippen molar-refractivity contribution in [1.29, 1.82) is 0 Å². The molecular weight excluding hydrogens is 975 g/mol. The number of azide groups is 2. The first-order valence-electron chi connectivity index (χ1n) is 19.9. The number of ether oxygens (including phenoxy) is 5. The molecule has 0 radical (unpaired) electrons. The van der Waals surface area contributed by atoms with Gasteiger partial charge in [0.05, 0.1) is 32.5 Å². The molecule has 2 aromatic rings. The molecule has 6 atom stereocenters. The van der Waals surface area contributed by atoms with E-state index in [0.29, 0.717) is 6.42 Å². The number of hydrogen-bond donors (Lipinski definition) is 8. The summed E-state index contributed by atoms with van der Waals surface area (Å²) in [6, 6.07) is 6.21. The number of rotatable bonds is 30. The first-order valence-corrected chi connectivity index (χ1v) is 24.5. The minimum atomic E-state index is -5.84. The monoisotopic (exact) mass is 1020 g/mol. The zero-order chi connectivity index (χ0) is 50.2. The molecule has 3 rings (SSSR count). The van der Waals surface area contributed by atoms with Gasteiger partial charge in [-0.1, -0.05) is 47.9 Å². The van der Waals surface area contributed by atoms with Crippen LogP contribution in [-0.4, -0.2) is 125 Å². The van der Waals surface area contributed by atoms with Crippen molar-refractivity contribution in [1.82, 2.24) is 25.5 Å². The fourth-order valence-corrected chi connectivity index (χ4v) is 8.55. The van der Waals surface area contributed by atoms with Crippen molar-refractivity contribution in [2.45, 2.75) is 63.7 Å². The van der Waals surface area contributed by atoms with E-state index in [0.717, 1.165) is 30.0 Å². The molecule has 6 unspecified atom stereocenters. The molecule has 2 heterocycles. The van der Waals surface area contributed by atoms with Crippen LogP contribution in [0.25, 0.3) is 20.9 Å². The second-order valence-electron chi connectivity index (χ2n) is 13.6. The number of nitrogens with one attached hydrogen (secondary N) is 4. The molecule has 1 aliphatic rings. The summed E-state index contributed by atoms with van der Waals surface area (Å²) in [4.78, 5) is 106. The predicted molar refractivity (Wildman–Crippen MR) is 230 cm³/mol. The molecule has 68 heavy (non-hydrogen) atoms. The zero-order valence-corrected chi connectivity index (χ0v) is 38.6. The molecule has 8 N–H and O–H groups in total. The number of phosphoric ester groups is 1. The Hall–Kier alpha value is -5.46. The molecule has 0 bridgehead atoms. The van der Waals surface area contributed by atoms with Gasteiger partial charge in [0.15, 0.2) is 6.23 Å². The fraction of sp³-hybridized carbons (Fsp3) is 0.559. The van der Waals surface area contributed by atoms with Crippen LogP contribution in [0.3, 0.4) is 0 Å². The van der Waals surface area contributed by atoms with Crippen molar-refractivity contribution in [2.75, 3.05) is 59.4 Å². The number of phosphoric acid groups is 3. The van der Waals surface area contributed by atoms with E-state index < -0.39 is 91.1 Å². The van der Waals surface area contributed by atoms with Gasteiger partial charge in [0, 0.05) is 47.5 Å². The van der Waals surface area contributed by atoms with Gasteiger partial charge in [0.2, 0.25) is 11.8 Å². The van der Waals surface area contributed by atoms with Crippen LogP contribution >= 0.6 is 23.5 Å². The van der Waals surface area contributed by atoms with Crippen molar-refractivity contribution < 1.29 is 84.5 Å². The van der Waals surface area contributed by atoms with Crippen molar-refractivity contribution in [2.24, 2.45) is 10.2 Å². The van der Waals surface area contributed by atoms with E-state index in [1.165, 1.54) is 6.07 Å². The third kappa shape index (κ3) is 22.1. The third-order valence-electron chi connectivity index (χ3n) is 8.46. The number of nitrogens with zero attached hydrogens (tertiary/aromatic N) is 7. The molecular formula is C34H48N11O20P3. The standard InChI is InChI=1S/C34H48N11O20P3/c1-2-3-4-10-28(46)38-12-13-39-32(48)23-7-5-9-25(16-23)60-21-30(42-44-36)59-15-14-58-20-29(47)37-11-6-8-24-18-45(34(50)41-33(24)49)31-17-26(61-22-40-43-35)27(63-31)19-62-67(54,55)65-68(56,57)64-66(51,52)53/h5,7,9,16,18,26-27,30-31H,2-4,10-15,17,19-22H2,1H3,(H,37,47)(H,38,46)(H,39,48)(H,54,55)(H,56,57)(H,41,49,50)(H2,51,52,53). The Labute approximate surface area is 384 Å². The summed E-state index contributed by atoms with van der Waals surface area (Å²) >= 11 is 0. The van der Waals surface area contributed by atoms with Crippen LogP contribution < -0.4 is 31.9 Å².